The Balaban J connectivity index is 1.81. The molecule has 124 valence electrons. The lowest BCUT2D eigenvalue weighted by atomic mass is 9.93. The Morgan fingerprint density at radius 2 is 2.09 bits per heavy atom. The molecule has 0 aliphatic carbocycles. The van der Waals surface area contributed by atoms with E-state index in [1.54, 1.807) is 0 Å². The maximum Gasteiger partial charge on any atom is 0.411 e. The third-order valence-corrected chi connectivity index (χ3v) is 4.71. The number of rotatable bonds is 2. The second-order valence-electron chi connectivity index (χ2n) is 7.64. The number of nitrogens with zero attached hydrogens (tertiary/aromatic N) is 1. The first-order chi connectivity index (χ1) is 10.9. The Labute approximate surface area is 139 Å². The summed E-state index contributed by atoms with van der Waals surface area (Å²) in [4.78, 5) is 14.4. The van der Waals surface area contributed by atoms with Crippen LogP contribution in [0.5, 0.6) is 0 Å². The molecule has 0 N–H and O–H groups in total. The Hall–Kier alpha value is -1.77. The van der Waals surface area contributed by atoms with Crippen molar-refractivity contribution in [3.05, 3.63) is 41.5 Å². The standard InChI is InChI=1S/C20H27NO2/c1-5-14-7-6-8-15(11-14)16-12-17-9-10-18(13-16)21(17)19(22)23-20(2,3)4/h6-8,11-12,17-18H,5,9-10,13H2,1-4H3. The normalized spacial score (nSPS) is 23.7. The fourth-order valence-corrected chi connectivity index (χ4v) is 3.63. The summed E-state index contributed by atoms with van der Waals surface area (Å²) in [6.45, 7) is 7.96. The van der Waals surface area contributed by atoms with E-state index >= 15 is 0 Å². The van der Waals surface area contributed by atoms with Crippen molar-refractivity contribution in [1.29, 1.82) is 0 Å². The van der Waals surface area contributed by atoms with Gasteiger partial charge in [0.05, 0.1) is 6.04 Å². The Morgan fingerprint density at radius 3 is 2.74 bits per heavy atom. The van der Waals surface area contributed by atoms with Crippen LogP contribution >= 0.6 is 0 Å². The van der Waals surface area contributed by atoms with Crippen molar-refractivity contribution in [1.82, 2.24) is 4.90 Å². The van der Waals surface area contributed by atoms with E-state index in [1.807, 2.05) is 25.7 Å². The van der Waals surface area contributed by atoms with Crippen LogP contribution in [0.15, 0.2) is 30.3 Å². The first kappa shape index (κ1) is 16.1. The van der Waals surface area contributed by atoms with Crippen molar-refractivity contribution in [3.63, 3.8) is 0 Å². The number of amides is 1. The van der Waals surface area contributed by atoms with Gasteiger partial charge in [-0.05, 0) is 63.2 Å². The van der Waals surface area contributed by atoms with Gasteiger partial charge in [-0.1, -0.05) is 37.3 Å². The predicted molar refractivity (Wildman–Crippen MR) is 93.3 cm³/mol. The molecule has 0 saturated carbocycles. The van der Waals surface area contributed by atoms with Gasteiger partial charge in [-0.25, -0.2) is 4.79 Å². The van der Waals surface area contributed by atoms with Crippen molar-refractivity contribution in [3.8, 4) is 0 Å². The van der Waals surface area contributed by atoms with Crippen LogP contribution < -0.4 is 0 Å². The molecule has 3 nitrogen and oxygen atoms in total. The van der Waals surface area contributed by atoms with Gasteiger partial charge in [0.25, 0.3) is 0 Å². The molecule has 1 aromatic carbocycles. The molecule has 1 amide bonds. The number of fused-ring (bicyclic) bond motifs is 2. The number of hydrogen-bond donors (Lipinski definition) is 0. The monoisotopic (exact) mass is 313 g/mol. The molecule has 3 heteroatoms. The lowest BCUT2D eigenvalue weighted by molar-refractivity contribution is 0.0175. The Bertz CT molecular complexity index is 627. The van der Waals surface area contributed by atoms with Gasteiger partial charge >= 0.3 is 6.09 Å². The van der Waals surface area contributed by atoms with Gasteiger partial charge in [0, 0.05) is 6.04 Å². The van der Waals surface area contributed by atoms with Crippen LogP contribution in [-0.4, -0.2) is 28.7 Å². The van der Waals surface area contributed by atoms with Crippen molar-refractivity contribution in [2.24, 2.45) is 0 Å². The van der Waals surface area contributed by atoms with E-state index in [0.717, 1.165) is 25.7 Å². The zero-order valence-electron chi connectivity index (χ0n) is 14.6. The van der Waals surface area contributed by atoms with Gasteiger partial charge in [0.1, 0.15) is 5.60 Å². The lowest BCUT2D eigenvalue weighted by Crippen LogP contribution is -2.45. The summed E-state index contributed by atoms with van der Waals surface area (Å²) in [5.74, 6) is 0. The summed E-state index contributed by atoms with van der Waals surface area (Å²) in [7, 11) is 0. The quantitative estimate of drug-likeness (QED) is 0.784. The summed E-state index contributed by atoms with van der Waals surface area (Å²) in [5, 5.41) is 0. The SMILES string of the molecule is CCc1cccc(C2=CC3CCC(C2)N3C(=O)OC(C)(C)C)c1. The van der Waals surface area contributed by atoms with Crippen LogP contribution in [0.2, 0.25) is 0 Å². The van der Waals surface area contributed by atoms with Crippen molar-refractivity contribution < 1.29 is 9.53 Å². The minimum absolute atomic E-state index is 0.164. The van der Waals surface area contributed by atoms with Gasteiger partial charge in [-0.2, -0.15) is 0 Å². The number of benzene rings is 1. The van der Waals surface area contributed by atoms with Crippen LogP contribution in [-0.2, 0) is 11.2 Å². The van der Waals surface area contributed by atoms with Gasteiger partial charge in [-0.15, -0.1) is 0 Å². The molecule has 2 aliphatic rings. The van der Waals surface area contributed by atoms with Crippen LogP contribution in [0.1, 0.15) is 58.1 Å². The molecule has 1 aromatic rings. The zero-order valence-corrected chi connectivity index (χ0v) is 14.6. The molecule has 0 radical (unpaired) electrons. The molecule has 2 atom stereocenters. The highest BCUT2D eigenvalue weighted by Crippen LogP contribution is 2.39. The molecule has 2 aliphatic heterocycles. The summed E-state index contributed by atoms with van der Waals surface area (Å²) < 4.78 is 5.59. The fraction of sp³-hybridized carbons (Fsp3) is 0.550. The summed E-state index contributed by atoms with van der Waals surface area (Å²) in [5.41, 5.74) is 3.62. The van der Waals surface area contributed by atoms with Crippen molar-refractivity contribution in [2.45, 2.75) is 71.1 Å². The van der Waals surface area contributed by atoms with E-state index in [1.165, 1.54) is 16.7 Å². The lowest BCUT2D eigenvalue weighted by Gasteiger charge is -2.35. The molecule has 1 fully saturated rings. The highest BCUT2D eigenvalue weighted by atomic mass is 16.6. The highest BCUT2D eigenvalue weighted by molar-refractivity contribution is 5.75. The van der Waals surface area contributed by atoms with E-state index in [0.29, 0.717) is 0 Å². The molecule has 1 saturated heterocycles. The molecule has 3 rings (SSSR count). The smallest absolute Gasteiger partial charge is 0.411 e. The molecular weight excluding hydrogens is 286 g/mol. The Kier molecular flexibility index (Phi) is 4.22. The third-order valence-electron chi connectivity index (χ3n) is 4.71. The van der Waals surface area contributed by atoms with Crippen LogP contribution in [0, 0.1) is 0 Å². The minimum atomic E-state index is -0.435. The van der Waals surface area contributed by atoms with E-state index in [-0.39, 0.29) is 18.2 Å². The predicted octanol–water partition coefficient (Wildman–Crippen LogP) is 4.80. The largest absolute Gasteiger partial charge is 0.444 e. The van der Waals surface area contributed by atoms with Crippen LogP contribution in [0.25, 0.3) is 5.57 Å². The van der Waals surface area contributed by atoms with Gasteiger partial charge in [-0.3, -0.25) is 4.90 Å². The van der Waals surface area contributed by atoms with E-state index in [4.69, 9.17) is 4.74 Å². The second kappa shape index (κ2) is 6.03. The number of hydrogen-bond acceptors (Lipinski definition) is 2. The van der Waals surface area contributed by atoms with Crippen molar-refractivity contribution in [2.75, 3.05) is 0 Å². The van der Waals surface area contributed by atoms with Crippen molar-refractivity contribution >= 4 is 11.7 Å². The molecule has 23 heavy (non-hydrogen) atoms. The summed E-state index contributed by atoms with van der Waals surface area (Å²) in [6, 6.07) is 9.25. The Morgan fingerprint density at radius 1 is 1.30 bits per heavy atom. The molecule has 2 heterocycles. The third kappa shape index (κ3) is 3.44. The van der Waals surface area contributed by atoms with E-state index < -0.39 is 5.60 Å². The maximum atomic E-state index is 12.5. The zero-order chi connectivity index (χ0) is 16.6. The molecule has 2 bridgehead atoms. The topological polar surface area (TPSA) is 29.5 Å². The minimum Gasteiger partial charge on any atom is -0.444 e. The molecule has 2 unspecified atom stereocenters. The van der Waals surface area contributed by atoms with Gasteiger partial charge in [0.15, 0.2) is 0 Å². The average molecular weight is 313 g/mol. The van der Waals surface area contributed by atoms with E-state index in [9.17, 15) is 4.79 Å². The summed E-state index contributed by atoms with van der Waals surface area (Å²) in [6.07, 6.45) is 6.21. The molecule has 0 aromatic heterocycles. The first-order valence-corrected chi connectivity index (χ1v) is 8.68. The van der Waals surface area contributed by atoms with Crippen LogP contribution in [0.4, 0.5) is 4.79 Å². The maximum absolute atomic E-state index is 12.5. The number of ether oxygens (including phenoxy) is 1. The molecule has 0 spiro atoms. The van der Waals surface area contributed by atoms with Gasteiger partial charge in [0.2, 0.25) is 0 Å². The summed E-state index contributed by atoms with van der Waals surface area (Å²) >= 11 is 0. The number of carbonyl (C=O) groups is 1. The fourth-order valence-electron chi connectivity index (χ4n) is 3.63. The second-order valence-corrected chi connectivity index (χ2v) is 7.64. The number of aryl methyl sites for hydroxylation is 1. The highest BCUT2D eigenvalue weighted by Gasteiger charge is 2.41. The average Bonchev–Trinajstić information content (AvgIpc) is 2.76. The number of carbonyl (C=O) groups excluding carboxylic acids is 1. The van der Waals surface area contributed by atoms with Gasteiger partial charge < -0.3 is 4.74 Å². The molecular formula is C20H27NO2. The van der Waals surface area contributed by atoms with Crippen LogP contribution in [0.3, 0.4) is 0 Å². The van der Waals surface area contributed by atoms with E-state index in [2.05, 4.69) is 37.3 Å². The first-order valence-electron chi connectivity index (χ1n) is 8.68.